The van der Waals surface area contributed by atoms with Gasteiger partial charge in [0.15, 0.2) is 0 Å². The van der Waals surface area contributed by atoms with Crippen molar-refractivity contribution in [2.75, 3.05) is 6.61 Å². The normalized spacial score (nSPS) is 11.9. The van der Waals surface area contributed by atoms with Crippen LogP contribution < -0.4 is 0 Å². The molecule has 0 aliphatic carbocycles. The number of hydrogen-bond acceptors (Lipinski definition) is 4. The summed E-state index contributed by atoms with van der Waals surface area (Å²) < 4.78 is 4.84. The van der Waals surface area contributed by atoms with Crippen LogP contribution >= 0.6 is 11.8 Å². The molecule has 0 spiro atoms. The monoisotopic (exact) mass is 252 g/mol. The summed E-state index contributed by atoms with van der Waals surface area (Å²) >= 11 is 1.17. The molecular formula is C13H16O3S. The maximum absolute atomic E-state index is 11.8. The molecule has 1 rings (SSSR count). The van der Waals surface area contributed by atoms with Crippen LogP contribution in [0.25, 0.3) is 0 Å². The van der Waals surface area contributed by atoms with Crippen LogP contribution in [0.3, 0.4) is 0 Å². The number of hydrogen-bond donors (Lipinski definition) is 0. The second-order valence-corrected chi connectivity index (χ2v) is 5.00. The number of esters is 1. The Labute approximate surface area is 106 Å². The molecule has 92 valence electrons. The summed E-state index contributed by atoms with van der Waals surface area (Å²) in [4.78, 5) is 23.0. The van der Waals surface area contributed by atoms with Crippen LogP contribution in [0, 0.1) is 0 Å². The first-order valence-electron chi connectivity index (χ1n) is 5.55. The number of benzene rings is 1. The van der Waals surface area contributed by atoms with E-state index >= 15 is 0 Å². The summed E-state index contributed by atoms with van der Waals surface area (Å²) in [5, 5.41) is -0.0795. The molecule has 3 nitrogen and oxygen atoms in total. The maximum Gasteiger partial charge on any atom is 0.306 e. The molecule has 1 aromatic carbocycles. The van der Waals surface area contributed by atoms with Gasteiger partial charge < -0.3 is 4.74 Å². The largest absolute Gasteiger partial charge is 0.466 e. The predicted molar refractivity (Wildman–Crippen MR) is 69.1 cm³/mol. The highest BCUT2D eigenvalue weighted by Gasteiger charge is 2.15. The van der Waals surface area contributed by atoms with Crippen LogP contribution in [0.15, 0.2) is 30.3 Å². The Morgan fingerprint density at radius 1 is 1.29 bits per heavy atom. The highest BCUT2D eigenvalue weighted by molar-refractivity contribution is 8.14. The van der Waals surface area contributed by atoms with Crippen LogP contribution in [0.2, 0.25) is 0 Å². The van der Waals surface area contributed by atoms with E-state index in [0.29, 0.717) is 12.2 Å². The quantitative estimate of drug-likeness (QED) is 0.756. The van der Waals surface area contributed by atoms with Gasteiger partial charge in [-0.05, 0) is 6.92 Å². The smallest absolute Gasteiger partial charge is 0.306 e. The van der Waals surface area contributed by atoms with Crippen LogP contribution in [0.5, 0.6) is 0 Å². The topological polar surface area (TPSA) is 43.4 Å². The van der Waals surface area contributed by atoms with E-state index in [2.05, 4.69) is 0 Å². The van der Waals surface area contributed by atoms with Gasteiger partial charge in [0.05, 0.1) is 13.0 Å². The lowest BCUT2D eigenvalue weighted by molar-refractivity contribution is -0.142. The lowest BCUT2D eigenvalue weighted by Gasteiger charge is -2.09. The first-order valence-corrected chi connectivity index (χ1v) is 6.43. The average Bonchev–Trinajstić information content (AvgIpc) is 2.30. The Kier molecular flexibility index (Phi) is 5.77. The third-order valence-corrected chi connectivity index (χ3v) is 3.10. The summed E-state index contributed by atoms with van der Waals surface area (Å²) in [6.07, 6.45) is 0.261. The third-order valence-electron chi connectivity index (χ3n) is 2.08. The first-order chi connectivity index (χ1) is 8.13. The zero-order valence-corrected chi connectivity index (χ0v) is 10.8. The minimum absolute atomic E-state index is 0.0117. The van der Waals surface area contributed by atoms with Crippen molar-refractivity contribution in [1.29, 1.82) is 0 Å². The molecule has 0 fully saturated rings. The number of thioether (sulfide) groups is 1. The van der Waals surface area contributed by atoms with Crippen molar-refractivity contribution in [3.05, 3.63) is 35.9 Å². The van der Waals surface area contributed by atoms with E-state index in [1.165, 1.54) is 11.8 Å². The number of rotatable bonds is 5. The summed E-state index contributed by atoms with van der Waals surface area (Å²) in [7, 11) is 0. The van der Waals surface area contributed by atoms with Crippen LogP contribution in [-0.4, -0.2) is 22.9 Å². The molecule has 1 unspecified atom stereocenters. The van der Waals surface area contributed by atoms with Crippen molar-refractivity contribution in [2.45, 2.75) is 25.5 Å². The SMILES string of the molecule is CCOC(=O)CC(C)SC(=O)c1ccccc1. The van der Waals surface area contributed by atoms with Crippen molar-refractivity contribution in [3.8, 4) is 0 Å². The van der Waals surface area contributed by atoms with E-state index in [9.17, 15) is 9.59 Å². The van der Waals surface area contributed by atoms with Gasteiger partial charge in [0.2, 0.25) is 5.12 Å². The fourth-order valence-electron chi connectivity index (χ4n) is 1.32. The van der Waals surface area contributed by atoms with Crippen LogP contribution in [0.1, 0.15) is 30.6 Å². The Bertz CT molecular complexity index is 376. The molecule has 1 atom stereocenters. The molecule has 0 heterocycles. The summed E-state index contributed by atoms with van der Waals surface area (Å²) in [6.45, 7) is 4.00. The minimum Gasteiger partial charge on any atom is -0.466 e. The Morgan fingerprint density at radius 2 is 1.94 bits per heavy atom. The molecule has 0 aliphatic heterocycles. The molecule has 0 radical (unpaired) electrons. The molecule has 0 bridgehead atoms. The number of carbonyl (C=O) groups is 2. The molecule has 4 heteroatoms. The van der Waals surface area contributed by atoms with E-state index in [4.69, 9.17) is 4.74 Å². The maximum atomic E-state index is 11.8. The average molecular weight is 252 g/mol. The van der Waals surface area contributed by atoms with Crippen molar-refractivity contribution < 1.29 is 14.3 Å². The van der Waals surface area contributed by atoms with Crippen LogP contribution in [0.4, 0.5) is 0 Å². The first kappa shape index (κ1) is 13.8. The molecule has 0 N–H and O–H groups in total. The van der Waals surface area contributed by atoms with Gasteiger partial charge in [0, 0.05) is 10.8 Å². The number of carbonyl (C=O) groups excluding carboxylic acids is 2. The minimum atomic E-state index is -0.256. The standard InChI is InChI=1S/C13H16O3S/c1-3-16-12(14)9-10(2)17-13(15)11-7-5-4-6-8-11/h4-8,10H,3,9H2,1-2H3. The fraction of sp³-hybridized carbons (Fsp3) is 0.385. The van der Waals surface area contributed by atoms with Gasteiger partial charge >= 0.3 is 5.97 Å². The van der Waals surface area contributed by atoms with E-state index < -0.39 is 0 Å². The van der Waals surface area contributed by atoms with E-state index in [-0.39, 0.29) is 22.8 Å². The van der Waals surface area contributed by atoms with Crippen molar-refractivity contribution in [3.63, 3.8) is 0 Å². The van der Waals surface area contributed by atoms with Gasteiger partial charge in [-0.15, -0.1) is 0 Å². The molecule has 0 saturated heterocycles. The van der Waals surface area contributed by atoms with Crippen molar-refractivity contribution in [2.24, 2.45) is 0 Å². The van der Waals surface area contributed by atoms with Crippen LogP contribution in [-0.2, 0) is 9.53 Å². The zero-order chi connectivity index (χ0) is 12.7. The molecule has 0 aliphatic rings. The second kappa shape index (κ2) is 7.12. The summed E-state index contributed by atoms with van der Waals surface area (Å²) in [5.41, 5.74) is 0.660. The third kappa shape index (κ3) is 5.04. The Hall–Kier alpha value is -1.29. The van der Waals surface area contributed by atoms with E-state index in [0.717, 1.165) is 0 Å². The van der Waals surface area contributed by atoms with Gasteiger partial charge in [-0.25, -0.2) is 0 Å². The summed E-state index contributed by atoms with van der Waals surface area (Å²) in [6, 6.07) is 9.05. The molecule has 1 aromatic rings. The Balaban J connectivity index is 2.44. The van der Waals surface area contributed by atoms with Gasteiger partial charge in [-0.3, -0.25) is 9.59 Å². The Morgan fingerprint density at radius 3 is 2.53 bits per heavy atom. The predicted octanol–water partition coefficient (Wildman–Crippen LogP) is 2.90. The van der Waals surface area contributed by atoms with Gasteiger partial charge in [0.25, 0.3) is 0 Å². The molecule has 17 heavy (non-hydrogen) atoms. The zero-order valence-electron chi connectivity index (χ0n) is 10.0. The van der Waals surface area contributed by atoms with Crippen molar-refractivity contribution >= 4 is 22.8 Å². The van der Waals surface area contributed by atoms with Gasteiger partial charge in [0.1, 0.15) is 0 Å². The van der Waals surface area contributed by atoms with Crippen molar-refractivity contribution in [1.82, 2.24) is 0 Å². The highest BCUT2D eigenvalue weighted by Crippen LogP contribution is 2.20. The van der Waals surface area contributed by atoms with Gasteiger partial charge in [-0.1, -0.05) is 49.0 Å². The molecular weight excluding hydrogens is 236 g/mol. The highest BCUT2D eigenvalue weighted by atomic mass is 32.2. The van der Waals surface area contributed by atoms with Gasteiger partial charge in [-0.2, -0.15) is 0 Å². The number of ether oxygens (including phenoxy) is 1. The van der Waals surface area contributed by atoms with E-state index in [1.807, 2.05) is 25.1 Å². The second-order valence-electron chi connectivity index (χ2n) is 3.59. The fourth-order valence-corrected chi connectivity index (χ4v) is 2.18. The molecule has 0 saturated carbocycles. The summed E-state index contributed by atoms with van der Waals surface area (Å²) in [5.74, 6) is -0.256. The molecule has 0 aromatic heterocycles. The molecule has 0 amide bonds. The lowest BCUT2D eigenvalue weighted by atomic mass is 10.2. The lowest BCUT2D eigenvalue weighted by Crippen LogP contribution is -2.12. The van der Waals surface area contributed by atoms with E-state index in [1.54, 1.807) is 19.1 Å².